The molecule has 0 bridgehead atoms. The molecular formula is C18H19N7O3. The highest BCUT2D eigenvalue weighted by Gasteiger charge is 2.20. The smallest absolute Gasteiger partial charge is 0.344 e. The highest BCUT2D eigenvalue weighted by Crippen LogP contribution is 2.13. The molecule has 0 unspecified atom stereocenters. The molecule has 0 aliphatic carbocycles. The maximum absolute atomic E-state index is 12.4. The third-order valence-electron chi connectivity index (χ3n) is 3.99. The summed E-state index contributed by atoms with van der Waals surface area (Å²) in [6.45, 7) is 3.09. The van der Waals surface area contributed by atoms with Gasteiger partial charge in [0.1, 0.15) is 5.56 Å². The minimum atomic E-state index is -0.778. The lowest BCUT2D eigenvalue weighted by Crippen LogP contribution is -2.30. The lowest BCUT2D eigenvalue weighted by Gasteiger charge is -2.10. The monoisotopic (exact) mass is 381 g/mol. The number of carbonyl (C=O) groups is 1. The first-order valence-corrected chi connectivity index (χ1v) is 8.39. The average molecular weight is 381 g/mol. The van der Waals surface area contributed by atoms with Gasteiger partial charge in [-0.15, -0.1) is 0 Å². The lowest BCUT2D eigenvalue weighted by molar-refractivity contribution is 0.0457. The van der Waals surface area contributed by atoms with Gasteiger partial charge < -0.3 is 15.8 Å². The van der Waals surface area contributed by atoms with Crippen molar-refractivity contribution in [2.45, 2.75) is 20.5 Å². The SMILES string of the molecule is Cc1nn(C)c(=O)c(C(=O)OCc2nc(N)nc(Nc3ccccc3)n2)c1C. The van der Waals surface area contributed by atoms with Gasteiger partial charge in [0.25, 0.3) is 5.56 Å². The number of anilines is 3. The largest absolute Gasteiger partial charge is 0.454 e. The number of carbonyl (C=O) groups excluding carboxylic acids is 1. The van der Waals surface area contributed by atoms with E-state index in [-0.39, 0.29) is 29.9 Å². The van der Waals surface area contributed by atoms with Crippen LogP contribution in [0.5, 0.6) is 0 Å². The van der Waals surface area contributed by atoms with Crippen LogP contribution < -0.4 is 16.6 Å². The van der Waals surface area contributed by atoms with Crippen molar-refractivity contribution in [3.8, 4) is 0 Å². The molecule has 3 aromatic rings. The minimum absolute atomic E-state index is 0.0219. The Kier molecular flexibility index (Phi) is 5.30. The van der Waals surface area contributed by atoms with Crippen LogP contribution in [0.2, 0.25) is 0 Å². The van der Waals surface area contributed by atoms with Crippen molar-refractivity contribution < 1.29 is 9.53 Å². The molecule has 2 aromatic heterocycles. The fraction of sp³-hybridized carbons (Fsp3) is 0.222. The molecule has 1 aromatic carbocycles. The van der Waals surface area contributed by atoms with Gasteiger partial charge in [-0.3, -0.25) is 4.79 Å². The Morgan fingerprint density at radius 2 is 1.89 bits per heavy atom. The fourth-order valence-corrected chi connectivity index (χ4v) is 2.50. The van der Waals surface area contributed by atoms with Crippen LogP contribution in [-0.2, 0) is 18.4 Å². The number of hydrogen-bond acceptors (Lipinski definition) is 9. The summed E-state index contributed by atoms with van der Waals surface area (Å²) in [4.78, 5) is 36.8. The first-order chi connectivity index (χ1) is 13.3. The number of para-hydroxylation sites is 1. The van der Waals surface area contributed by atoms with Gasteiger partial charge in [-0.2, -0.15) is 20.1 Å². The summed E-state index contributed by atoms with van der Waals surface area (Å²) < 4.78 is 6.33. The van der Waals surface area contributed by atoms with E-state index in [1.807, 2.05) is 30.3 Å². The Bertz CT molecular complexity index is 1080. The fourth-order valence-electron chi connectivity index (χ4n) is 2.50. The van der Waals surface area contributed by atoms with Gasteiger partial charge >= 0.3 is 5.97 Å². The van der Waals surface area contributed by atoms with Crippen LogP contribution in [0, 0.1) is 13.8 Å². The number of rotatable bonds is 5. The van der Waals surface area contributed by atoms with E-state index in [1.165, 1.54) is 7.05 Å². The van der Waals surface area contributed by atoms with Crippen molar-refractivity contribution in [1.29, 1.82) is 0 Å². The zero-order valence-corrected chi connectivity index (χ0v) is 15.6. The van der Waals surface area contributed by atoms with Gasteiger partial charge in [-0.25, -0.2) is 9.48 Å². The second-order valence-corrected chi connectivity index (χ2v) is 6.01. The Hall–Kier alpha value is -3.82. The van der Waals surface area contributed by atoms with Crippen LogP contribution in [0.25, 0.3) is 0 Å². The minimum Gasteiger partial charge on any atom is -0.454 e. The highest BCUT2D eigenvalue weighted by molar-refractivity contribution is 5.90. The standard InChI is InChI=1S/C18H19N7O3/c1-10-11(2)24-25(3)15(26)14(10)16(27)28-9-13-21-17(19)23-18(22-13)20-12-7-5-4-6-8-12/h4-8H,9H2,1-3H3,(H3,19,20,21,22,23). The molecule has 0 radical (unpaired) electrons. The Morgan fingerprint density at radius 3 is 2.61 bits per heavy atom. The molecule has 0 aliphatic rings. The molecule has 10 heteroatoms. The quantitative estimate of drug-likeness (QED) is 0.625. The molecular weight excluding hydrogens is 362 g/mol. The van der Waals surface area contributed by atoms with Crippen LogP contribution in [-0.4, -0.2) is 30.7 Å². The number of ether oxygens (including phenoxy) is 1. The van der Waals surface area contributed by atoms with Crippen LogP contribution >= 0.6 is 0 Å². The third-order valence-corrected chi connectivity index (χ3v) is 3.99. The second kappa shape index (κ2) is 7.82. The van der Waals surface area contributed by atoms with E-state index in [0.717, 1.165) is 10.4 Å². The van der Waals surface area contributed by atoms with Crippen LogP contribution in [0.15, 0.2) is 35.1 Å². The van der Waals surface area contributed by atoms with Gasteiger partial charge in [0.2, 0.25) is 11.9 Å². The van der Waals surface area contributed by atoms with E-state index >= 15 is 0 Å². The second-order valence-electron chi connectivity index (χ2n) is 6.01. The number of aromatic nitrogens is 5. The van der Waals surface area contributed by atoms with Crippen molar-refractivity contribution in [2.24, 2.45) is 7.05 Å². The number of nitrogens with zero attached hydrogens (tertiary/aromatic N) is 5. The molecule has 0 amide bonds. The van der Waals surface area contributed by atoms with Gasteiger partial charge in [-0.05, 0) is 31.5 Å². The number of nitrogen functional groups attached to an aromatic ring is 1. The van der Waals surface area contributed by atoms with Crippen molar-refractivity contribution in [2.75, 3.05) is 11.1 Å². The van der Waals surface area contributed by atoms with Crippen molar-refractivity contribution in [3.05, 3.63) is 63.3 Å². The summed E-state index contributed by atoms with van der Waals surface area (Å²) in [5.74, 6) is -0.428. The molecule has 2 heterocycles. The van der Waals surface area contributed by atoms with E-state index < -0.39 is 11.5 Å². The Morgan fingerprint density at radius 1 is 1.18 bits per heavy atom. The van der Waals surface area contributed by atoms with Crippen molar-refractivity contribution in [3.63, 3.8) is 0 Å². The Balaban J connectivity index is 1.78. The van der Waals surface area contributed by atoms with E-state index in [2.05, 4.69) is 25.4 Å². The molecule has 3 rings (SSSR count). The van der Waals surface area contributed by atoms with E-state index in [0.29, 0.717) is 11.3 Å². The number of nitrogens with one attached hydrogen (secondary N) is 1. The van der Waals surface area contributed by atoms with E-state index in [4.69, 9.17) is 10.5 Å². The molecule has 144 valence electrons. The predicted octanol–water partition coefficient (Wildman–Crippen LogP) is 1.26. The molecule has 10 nitrogen and oxygen atoms in total. The molecule has 3 N–H and O–H groups in total. The van der Waals surface area contributed by atoms with E-state index in [9.17, 15) is 9.59 Å². The van der Waals surface area contributed by atoms with Gasteiger partial charge in [0.15, 0.2) is 12.4 Å². The summed E-state index contributed by atoms with van der Waals surface area (Å²) in [5.41, 5.74) is 6.91. The zero-order valence-electron chi connectivity index (χ0n) is 15.6. The normalized spacial score (nSPS) is 10.5. The first kappa shape index (κ1) is 19.0. The topological polar surface area (TPSA) is 138 Å². The zero-order chi connectivity index (χ0) is 20.3. The van der Waals surface area contributed by atoms with Gasteiger partial charge in [0.05, 0.1) is 5.69 Å². The summed E-state index contributed by atoms with van der Waals surface area (Å²) in [7, 11) is 1.47. The van der Waals surface area contributed by atoms with Gasteiger partial charge in [-0.1, -0.05) is 18.2 Å². The summed E-state index contributed by atoms with van der Waals surface area (Å²) in [6.07, 6.45) is 0. The molecule has 0 fully saturated rings. The molecule has 0 spiro atoms. The molecule has 0 atom stereocenters. The third kappa shape index (κ3) is 4.11. The van der Waals surface area contributed by atoms with Crippen LogP contribution in [0.3, 0.4) is 0 Å². The maximum atomic E-state index is 12.4. The highest BCUT2D eigenvalue weighted by atomic mass is 16.5. The predicted molar refractivity (Wildman–Crippen MR) is 102 cm³/mol. The number of aryl methyl sites for hydroxylation is 2. The number of hydrogen-bond donors (Lipinski definition) is 2. The van der Waals surface area contributed by atoms with E-state index in [1.54, 1.807) is 13.8 Å². The molecule has 0 saturated heterocycles. The summed E-state index contributed by atoms with van der Waals surface area (Å²) in [6, 6.07) is 9.27. The van der Waals surface area contributed by atoms with Crippen molar-refractivity contribution in [1.82, 2.24) is 24.7 Å². The number of nitrogens with two attached hydrogens (primary N) is 1. The summed E-state index contributed by atoms with van der Waals surface area (Å²) >= 11 is 0. The molecule has 28 heavy (non-hydrogen) atoms. The number of benzene rings is 1. The van der Waals surface area contributed by atoms with Crippen LogP contribution in [0.4, 0.5) is 17.6 Å². The van der Waals surface area contributed by atoms with Gasteiger partial charge in [0, 0.05) is 12.7 Å². The number of esters is 1. The lowest BCUT2D eigenvalue weighted by atomic mass is 10.1. The van der Waals surface area contributed by atoms with Crippen molar-refractivity contribution >= 4 is 23.6 Å². The van der Waals surface area contributed by atoms with Crippen LogP contribution in [0.1, 0.15) is 27.4 Å². The summed E-state index contributed by atoms with van der Waals surface area (Å²) in [5, 5.41) is 7.03. The molecule has 0 aliphatic heterocycles. The first-order valence-electron chi connectivity index (χ1n) is 8.39. The molecule has 0 saturated carbocycles. The Labute approximate surface area is 160 Å². The average Bonchev–Trinajstić information content (AvgIpc) is 2.65. The maximum Gasteiger partial charge on any atom is 0.344 e.